The number of hydrogen-bond acceptors (Lipinski definition) is 3. The van der Waals surface area contributed by atoms with Gasteiger partial charge in [0.1, 0.15) is 0 Å². The maximum atomic E-state index is 12.1. The summed E-state index contributed by atoms with van der Waals surface area (Å²) in [5.74, 6) is 0.573. The van der Waals surface area contributed by atoms with Crippen LogP contribution in [0, 0.1) is 5.92 Å². The summed E-state index contributed by atoms with van der Waals surface area (Å²) in [7, 11) is 3.90. The van der Waals surface area contributed by atoms with E-state index in [0.717, 1.165) is 38.5 Å². The van der Waals surface area contributed by atoms with Crippen LogP contribution in [0.25, 0.3) is 0 Å². The fourth-order valence-electron chi connectivity index (χ4n) is 2.71. The van der Waals surface area contributed by atoms with E-state index in [4.69, 9.17) is 0 Å². The Bertz CT molecular complexity index is 256. The molecule has 4 heteroatoms. The molecule has 0 heterocycles. The van der Waals surface area contributed by atoms with Crippen molar-refractivity contribution < 1.29 is 9.90 Å². The minimum atomic E-state index is -0.166. The molecule has 106 valence electrons. The molecule has 0 bridgehead atoms. The van der Waals surface area contributed by atoms with Gasteiger partial charge in [0, 0.05) is 6.54 Å². The second-order valence-electron chi connectivity index (χ2n) is 5.70. The van der Waals surface area contributed by atoms with Crippen LogP contribution in [0.4, 0.5) is 0 Å². The predicted octanol–water partition coefficient (Wildman–Crippen LogP) is 1.38. The van der Waals surface area contributed by atoms with Gasteiger partial charge in [-0.25, -0.2) is 0 Å². The lowest BCUT2D eigenvalue weighted by atomic mass is 9.87. The third-order valence-corrected chi connectivity index (χ3v) is 3.81. The lowest BCUT2D eigenvalue weighted by Gasteiger charge is -2.28. The minimum Gasteiger partial charge on any atom is -0.393 e. The van der Waals surface area contributed by atoms with Crippen LogP contribution < -0.4 is 5.32 Å². The number of rotatable bonds is 6. The summed E-state index contributed by atoms with van der Waals surface area (Å²) in [4.78, 5) is 14.1. The van der Waals surface area contributed by atoms with E-state index in [1.807, 2.05) is 19.0 Å². The molecule has 0 aromatic heterocycles. The first kappa shape index (κ1) is 15.4. The molecule has 0 aromatic rings. The quantitative estimate of drug-likeness (QED) is 0.755. The Kier molecular flexibility index (Phi) is 6.65. The number of amides is 1. The number of nitrogens with one attached hydrogen (secondary N) is 1. The lowest BCUT2D eigenvalue weighted by Crippen LogP contribution is -2.45. The van der Waals surface area contributed by atoms with Crippen molar-refractivity contribution in [2.75, 3.05) is 20.6 Å². The number of carbonyl (C=O) groups excluding carboxylic acids is 1. The number of aliphatic hydroxyl groups is 1. The van der Waals surface area contributed by atoms with Crippen LogP contribution in [0.2, 0.25) is 0 Å². The van der Waals surface area contributed by atoms with Gasteiger partial charge < -0.3 is 10.4 Å². The van der Waals surface area contributed by atoms with E-state index in [2.05, 4.69) is 12.2 Å². The number of nitrogens with zero attached hydrogens (tertiary/aromatic N) is 1. The van der Waals surface area contributed by atoms with Gasteiger partial charge in [-0.2, -0.15) is 0 Å². The van der Waals surface area contributed by atoms with Gasteiger partial charge in [-0.1, -0.05) is 19.8 Å². The molecular formula is C14H28N2O2. The maximum absolute atomic E-state index is 12.1. The fraction of sp³-hybridized carbons (Fsp3) is 0.929. The predicted molar refractivity (Wildman–Crippen MR) is 73.4 cm³/mol. The van der Waals surface area contributed by atoms with Crippen molar-refractivity contribution in [1.82, 2.24) is 10.2 Å². The number of aliphatic hydroxyl groups excluding tert-OH is 1. The van der Waals surface area contributed by atoms with Crippen molar-refractivity contribution in [3.8, 4) is 0 Å². The van der Waals surface area contributed by atoms with Crippen LogP contribution in [0.3, 0.4) is 0 Å². The molecule has 2 N–H and O–H groups in total. The van der Waals surface area contributed by atoms with Crippen LogP contribution in [0.5, 0.6) is 0 Å². The molecular weight excluding hydrogens is 228 g/mol. The molecule has 3 atom stereocenters. The highest BCUT2D eigenvalue weighted by Crippen LogP contribution is 2.23. The first-order chi connectivity index (χ1) is 8.54. The largest absolute Gasteiger partial charge is 0.393 e. The van der Waals surface area contributed by atoms with E-state index in [1.54, 1.807) is 0 Å². The Hall–Kier alpha value is -0.610. The van der Waals surface area contributed by atoms with Crippen molar-refractivity contribution in [1.29, 1.82) is 0 Å². The first-order valence-corrected chi connectivity index (χ1v) is 7.16. The van der Waals surface area contributed by atoms with E-state index in [1.165, 1.54) is 0 Å². The summed E-state index contributed by atoms with van der Waals surface area (Å²) in [5, 5.41) is 12.7. The van der Waals surface area contributed by atoms with Gasteiger partial charge in [-0.15, -0.1) is 0 Å². The van der Waals surface area contributed by atoms with Gasteiger partial charge >= 0.3 is 0 Å². The molecule has 1 fully saturated rings. The summed E-state index contributed by atoms with van der Waals surface area (Å²) in [6, 6.07) is -0.0245. The van der Waals surface area contributed by atoms with Gasteiger partial charge in [0.2, 0.25) is 5.91 Å². The van der Waals surface area contributed by atoms with Gasteiger partial charge in [0.05, 0.1) is 12.1 Å². The molecule has 1 saturated carbocycles. The first-order valence-electron chi connectivity index (χ1n) is 7.16. The number of likely N-dealkylation sites (N-methyl/N-ethyl adjacent to an activating group) is 1. The average molecular weight is 256 g/mol. The summed E-state index contributed by atoms with van der Waals surface area (Å²) in [6.45, 7) is 2.81. The molecule has 1 aliphatic rings. The Morgan fingerprint density at radius 1 is 1.44 bits per heavy atom. The van der Waals surface area contributed by atoms with E-state index >= 15 is 0 Å². The SMILES string of the molecule is CCCC(C(=O)NCC1CCCC(O)C1)N(C)C. The number of hydrogen-bond donors (Lipinski definition) is 2. The smallest absolute Gasteiger partial charge is 0.237 e. The molecule has 3 unspecified atom stereocenters. The van der Waals surface area contributed by atoms with Gasteiger partial charge in [0.25, 0.3) is 0 Å². The van der Waals surface area contributed by atoms with Crippen molar-refractivity contribution in [3.05, 3.63) is 0 Å². The Morgan fingerprint density at radius 3 is 2.72 bits per heavy atom. The average Bonchev–Trinajstić information content (AvgIpc) is 2.32. The van der Waals surface area contributed by atoms with E-state index in [-0.39, 0.29) is 18.1 Å². The van der Waals surface area contributed by atoms with E-state index in [9.17, 15) is 9.90 Å². The molecule has 18 heavy (non-hydrogen) atoms. The zero-order valence-electron chi connectivity index (χ0n) is 12.0. The Morgan fingerprint density at radius 2 is 2.17 bits per heavy atom. The molecule has 4 nitrogen and oxygen atoms in total. The van der Waals surface area contributed by atoms with Crippen molar-refractivity contribution >= 4 is 5.91 Å². The van der Waals surface area contributed by atoms with Crippen molar-refractivity contribution in [2.45, 2.75) is 57.6 Å². The molecule has 1 aliphatic carbocycles. The van der Waals surface area contributed by atoms with Crippen LogP contribution in [0.1, 0.15) is 45.4 Å². The second kappa shape index (κ2) is 7.74. The van der Waals surface area contributed by atoms with Crippen LogP contribution in [-0.2, 0) is 4.79 Å². The summed E-state index contributed by atoms with van der Waals surface area (Å²) in [6.07, 6.45) is 5.69. The van der Waals surface area contributed by atoms with Crippen molar-refractivity contribution in [2.24, 2.45) is 5.92 Å². The highest BCUT2D eigenvalue weighted by atomic mass is 16.3. The van der Waals surface area contributed by atoms with Crippen LogP contribution in [-0.4, -0.2) is 48.7 Å². The van der Waals surface area contributed by atoms with Gasteiger partial charge in [-0.05, 0) is 45.7 Å². The zero-order valence-corrected chi connectivity index (χ0v) is 12.0. The Balaban J connectivity index is 2.34. The second-order valence-corrected chi connectivity index (χ2v) is 5.70. The zero-order chi connectivity index (χ0) is 13.5. The van der Waals surface area contributed by atoms with Crippen molar-refractivity contribution in [3.63, 3.8) is 0 Å². The summed E-state index contributed by atoms with van der Waals surface area (Å²) < 4.78 is 0. The standard InChI is InChI=1S/C14H28N2O2/c1-4-6-13(16(2)3)14(18)15-10-11-7-5-8-12(17)9-11/h11-13,17H,4-10H2,1-3H3,(H,15,18). The highest BCUT2D eigenvalue weighted by Gasteiger charge is 2.23. The topological polar surface area (TPSA) is 52.6 Å². The molecule has 0 aliphatic heterocycles. The third kappa shape index (κ3) is 4.94. The van der Waals surface area contributed by atoms with Crippen LogP contribution in [0.15, 0.2) is 0 Å². The van der Waals surface area contributed by atoms with E-state index < -0.39 is 0 Å². The van der Waals surface area contributed by atoms with Gasteiger partial charge in [0.15, 0.2) is 0 Å². The molecule has 1 amide bonds. The maximum Gasteiger partial charge on any atom is 0.237 e. The third-order valence-electron chi connectivity index (χ3n) is 3.81. The summed E-state index contributed by atoms with van der Waals surface area (Å²) in [5.41, 5.74) is 0. The van der Waals surface area contributed by atoms with Gasteiger partial charge in [-0.3, -0.25) is 9.69 Å². The van der Waals surface area contributed by atoms with Crippen LogP contribution >= 0.6 is 0 Å². The molecule has 0 radical (unpaired) electrons. The molecule has 0 aromatic carbocycles. The number of carbonyl (C=O) groups is 1. The molecule has 0 spiro atoms. The normalized spacial score (nSPS) is 26.1. The minimum absolute atomic E-state index is 0.0245. The Labute approximate surface area is 111 Å². The van der Waals surface area contributed by atoms with E-state index in [0.29, 0.717) is 12.5 Å². The fourth-order valence-corrected chi connectivity index (χ4v) is 2.71. The molecule has 0 saturated heterocycles. The monoisotopic (exact) mass is 256 g/mol. The molecule has 1 rings (SSSR count). The lowest BCUT2D eigenvalue weighted by molar-refractivity contribution is -0.126. The summed E-state index contributed by atoms with van der Waals surface area (Å²) >= 11 is 0. The highest BCUT2D eigenvalue weighted by molar-refractivity contribution is 5.81.